The summed E-state index contributed by atoms with van der Waals surface area (Å²) in [6.45, 7) is 1.99. The van der Waals surface area contributed by atoms with E-state index in [2.05, 4.69) is 20.4 Å². The van der Waals surface area contributed by atoms with E-state index in [1.165, 1.54) is 12.8 Å². The van der Waals surface area contributed by atoms with Gasteiger partial charge in [-0.1, -0.05) is 5.16 Å². The molecule has 1 fully saturated rings. The lowest BCUT2D eigenvalue weighted by molar-refractivity contribution is 0.349. The van der Waals surface area contributed by atoms with Gasteiger partial charge in [-0.2, -0.15) is 4.98 Å². The largest absolute Gasteiger partial charge is 0.339 e. The van der Waals surface area contributed by atoms with Crippen LogP contribution in [0.4, 0.5) is 0 Å². The molecule has 1 saturated carbocycles. The van der Waals surface area contributed by atoms with Gasteiger partial charge in [-0.05, 0) is 32.7 Å². The molecule has 2 heterocycles. The summed E-state index contributed by atoms with van der Waals surface area (Å²) in [5.74, 6) is 2.24. The summed E-state index contributed by atoms with van der Waals surface area (Å²) in [4.78, 5) is 8.88. The maximum absolute atomic E-state index is 5.33. The molecule has 1 N–H and O–H groups in total. The molecule has 1 aliphatic rings. The molecule has 6 heteroatoms. The van der Waals surface area contributed by atoms with Crippen LogP contribution in [0.2, 0.25) is 0 Å². The average molecular weight is 278 g/mol. The molecule has 0 bridgehead atoms. The van der Waals surface area contributed by atoms with Crippen molar-refractivity contribution in [1.29, 1.82) is 0 Å². The molecule has 0 spiro atoms. The van der Waals surface area contributed by atoms with Crippen LogP contribution in [-0.2, 0) is 12.8 Å². The third kappa shape index (κ3) is 3.19. The molecule has 0 amide bonds. The highest BCUT2D eigenvalue weighted by Gasteiger charge is 2.31. The number of nitrogens with zero attached hydrogens (tertiary/aromatic N) is 3. The van der Waals surface area contributed by atoms with Crippen LogP contribution in [0.15, 0.2) is 9.90 Å². The molecule has 0 aromatic carbocycles. The Labute approximate surface area is 116 Å². The summed E-state index contributed by atoms with van der Waals surface area (Å²) in [7, 11) is 2.00. The maximum atomic E-state index is 5.33. The maximum Gasteiger partial charge on any atom is 0.228 e. The summed E-state index contributed by atoms with van der Waals surface area (Å²) in [5.41, 5.74) is 1.05. The first kappa shape index (κ1) is 12.7. The summed E-state index contributed by atoms with van der Waals surface area (Å²) in [5, 5.41) is 10.5. The highest BCUT2D eigenvalue weighted by molar-refractivity contribution is 7.09. The van der Waals surface area contributed by atoms with E-state index in [1.54, 1.807) is 11.3 Å². The predicted molar refractivity (Wildman–Crippen MR) is 73.2 cm³/mol. The zero-order chi connectivity index (χ0) is 13.2. The Kier molecular flexibility index (Phi) is 3.61. The molecule has 19 heavy (non-hydrogen) atoms. The highest BCUT2D eigenvalue weighted by atomic mass is 32.1. The van der Waals surface area contributed by atoms with Gasteiger partial charge in [-0.3, -0.25) is 0 Å². The fraction of sp³-hybridized carbons (Fsp3) is 0.615. The van der Waals surface area contributed by atoms with E-state index in [1.807, 2.05) is 19.4 Å². The quantitative estimate of drug-likeness (QED) is 0.875. The van der Waals surface area contributed by atoms with Crippen molar-refractivity contribution >= 4 is 11.3 Å². The fourth-order valence-electron chi connectivity index (χ4n) is 2.26. The van der Waals surface area contributed by atoms with Gasteiger partial charge >= 0.3 is 0 Å². The lowest BCUT2D eigenvalue weighted by atomic mass is 10.1. The minimum Gasteiger partial charge on any atom is -0.339 e. The molecule has 2 aromatic heterocycles. The van der Waals surface area contributed by atoms with Gasteiger partial charge in [0.05, 0.1) is 6.42 Å². The van der Waals surface area contributed by atoms with Gasteiger partial charge in [-0.25, -0.2) is 4.98 Å². The van der Waals surface area contributed by atoms with E-state index in [4.69, 9.17) is 4.52 Å². The minimum absolute atomic E-state index is 0.468. The Bertz CT molecular complexity index is 546. The normalized spacial score (nSPS) is 16.7. The van der Waals surface area contributed by atoms with Gasteiger partial charge in [0, 0.05) is 23.5 Å². The van der Waals surface area contributed by atoms with Crippen LogP contribution >= 0.6 is 11.3 Å². The van der Waals surface area contributed by atoms with Crippen LogP contribution in [0.25, 0.3) is 0 Å². The van der Waals surface area contributed by atoms with Gasteiger partial charge in [-0.15, -0.1) is 11.3 Å². The Morgan fingerprint density at radius 1 is 1.47 bits per heavy atom. The van der Waals surface area contributed by atoms with Gasteiger partial charge < -0.3 is 9.84 Å². The summed E-state index contributed by atoms with van der Waals surface area (Å²) < 4.78 is 5.33. The molecule has 0 aliphatic heterocycles. The molecule has 1 aliphatic carbocycles. The lowest BCUT2D eigenvalue weighted by Gasteiger charge is -2.11. The first-order chi connectivity index (χ1) is 9.24. The first-order valence-electron chi connectivity index (χ1n) is 6.64. The van der Waals surface area contributed by atoms with Crippen molar-refractivity contribution in [2.75, 3.05) is 7.05 Å². The van der Waals surface area contributed by atoms with Crippen LogP contribution < -0.4 is 5.32 Å². The van der Waals surface area contributed by atoms with E-state index in [0.717, 1.165) is 34.8 Å². The molecule has 5 nitrogen and oxygen atoms in total. The number of thiazole rings is 1. The molecule has 2 aromatic rings. The van der Waals surface area contributed by atoms with Crippen molar-refractivity contribution in [3.05, 3.63) is 27.8 Å². The van der Waals surface area contributed by atoms with Crippen LogP contribution in [0.5, 0.6) is 0 Å². The number of likely N-dealkylation sites (N-methyl/N-ethyl adjacent to an activating group) is 1. The second-order valence-electron chi connectivity index (χ2n) is 5.10. The molecular weight excluding hydrogens is 260 g/mol. The number of hydrogen-bond acceptors (Lipinski definition) is 6. The number of rotatable bonds is 6. The van der Waals surface area contributed by atoms with E-state index in [-0.39, 0.29) is 0 Å². The molecular formula is C13H18N4OS. The van der Waals surface area contributed by atoms with Crippen molar-refractivity contribution in [3.63, 3.8) is 0 Å². The van der Waals surface area contributed by atoms with E-state index >= 15 is 0 Å². The molecule has 0 radical (unpaired) electrons. The van der Waals surface area contributed by atoms with E-state index in [9.17, 15) is 0 Å². The third-order valence-electron chi connectivity index (χ3n) is 3.44. The van der Waals surface area contributed by atoms with Crippen LogP contribution in [0.1, 0.15) is 35.3 Å². The number of nitrogens with one attached hydrogen (secondary N) is 1. The minimum atomic E-state index is 0.468. The SMILES string of the molecule is CNC(Cc1nc(Cc2nc(C)cs2)no1)C1CC1. The van der Waals surface area contributed by atoms with Crippen LogP contribution in [-0.4, -0.2) is 28.2 Å². The zero-order valence-corrected chi connectivity index (χ0v) is 12.0. The second kappa shape index (κ2) is 5.38. The monoisotopic (exact) mass is 278 g/mol. The first-order valence-corrected chi connectivity index (χ1v) is 7.52. The van der Waals surface area contributed by atoms with Crippen molar-refractivity contribution in [1.82, 2.24) is 20.4 Å². The van der Waals surface area contributed by atoms with E-state index < -0.39 is 0 Å². The van der Waals surface area contributed by atoms with Gasteiger partial charge in [0.2, 0.25) is 5.89 Å². The zero-order valence-electron chi connectivity index (χ0n) is 11.2. The molecule has 3 rings (SSSR count). The average Bonchev–Trinajstić information content (AvgIpc) is 3.03. The van der Waals surface area contributed by atoms with Crippen molar-refractivity contribution in [2.45, 2.75) is 38.6 Å². The van der Waals surface area contributed by atoms with Crippen LogP contribution in [0.3, 0.4) is 0 Å². The van der Waals surface area contributed by atoms with Crippen molar-refractivity contribution in [2.24, 2.45) is 5.92 Å². The van der Waals surface area contributed by atoms with Crippen molar-refractivity contribution < 1.29 is 4.52 Å². The fourth-order valence-corrected chi connectivity index (χ4v) is 3.02. The topological polar surface area (TPSA) is 63.8 Å². The highest BCUT2D eigenvalue weighted by Crippen LogP contribution is 2.33. The van der Waals surface area contributed by atoms with Gasteiger partial charge in [0.1, 0.15) is 5.01 Å². The number of aryl methyl sites for hydroxylation is 1. The standard InChI is InChI=1S/C13H18N4OS/c1-8-7-19-13(15-8)6-11-16-12(18-17-11)5-10(14-2)9-3-4-9/h7,9-10,14H,3-6H2,1-2H3. The Balaban J connectivity index is 1.62. The summed E-state index contributed by atoms with van der Waals surface area (Å²) >= 11 is 1.64. The third-order valence-corrected chi connectivity index (χ3v) is 4.41. The lowest BCUT2D eigenvalue weighted by Crippen LogP contribution is -2.29. The summed E-state index contributed by atoms with van der Waals surface area (Å²) in [6.07, 6.45) is 4.11. The van der Waals surface area contributed by atoms with Gasteiger partial charge in [0.15, 0.2) is 5.82 Å². The second-order valence-corrected chi connectivity index (χ2v) is 6.04. The predicted octanol–water partition coefficient (Wildman–Crippen LogP) is 1.97. The Morgan fingerprint density at radius 3 is 2.95 bits per heavy atom. The van der Waals surface area contributed by atoms with Gasteiger partial charge in [0.25, 0.3) is 0 Å². The molecule has 0 saturated heterocycles. The molecule has 102 valence electrons. The molecule has 1 unspecified atom stereocenters. The number of hydrogen-bond donors (Lipinski definition) is 1. The van der Waals surface area contributed by atoms with Crippen LogP contribution in [0, 0.1) is 12.8 Å². The summed E-state index contributed by atoms with van der Waals surface area (Å²) in [6, 6.07) is 0.468. The Morgan fingerprint density at radius 2 is 2.32 bits per heavy atom. The molecule has 1 atom stereocenters. The smallest absolute Gasteiger partial charge is 0.228 e. The van der Waals surface area contributed by atoms with E-state index in [0.29, 0.717) is 12.5 Å². The Hall–Kier alpha value is -1.27. The number of aromatic nitrogens is 3. The van der Waals surface area contributed by atoms with Crippen molar-refractivity contribution in [3.8, 4) is 0 Å².